The number of aromatic nitrogens is 4. The highest BCUT2D eigenvalue weighted by atomic mass is 15.0. The topological polar surface area (TPSA) is 43.6 Å². The van der Waals surface area contributed by atoms with E-state index in [9.17, 15) is 0 Å². The largest absolute Gasteiger partial charge is 0.309 e. The molecule has 262 valence electrons. The zero-order chi connectivity index (χ0) is 37.0. The van der Waals surface area contributed by atoms with Crippen molar-refractivity contribution in [2.75, 3.05) is 0 Å². The van der Waals surface area contributed by atoms with E-state index in [1.54, 1.807) is 0 Å². The van der Waals surface area contributed by atoms with Gasteiger partial charge in [-0.1, -0.05) is 170 Å². The normalized spacial score (nSPS) is 13.2. The van der Waals surface area contributed by atoms with Gasteiger partial charge in [0.25, 0.3) is 0 Å². The van der Waals surface area contributed by atoms with Crippen molar-refractivity contribution in [3.8, 4) is 62.1 Å². The van der Waals surface area contributed by atoms with Gasteiger partial charge in [-0.2, -0.15) is 0 Å². The Labute approximate surface area is 325 Å². The quantitative estimate of drug-likeness (QED) is 0.172. The maximum absolute atomic E-state index is 5.04. The van der Waals surface area contributed by atoms with Crippen molar-refractivity contribution in [3.05, 3.63) is 217 Å². The van der Waals surface area contributed by atoms with E-state index in [4.69, 9.17) is 15.0 Å². The van der Waals surface area contributed by atoms with Crippen LogP contribution in [0.25, 0.3) is 83.9 Å². The van der Waals surface area contributed by atoms with E-state index in [2.05, 4.69) is 144 Å². The number of para-hydroxylation sites is 1. The molecule has 0 saturated carbocycles. The van der Waals surface area contributed by atoms with Crippen LogP contribution in [-0.4, -0.2) is 19.5 Å². The summed E-state index contributed by atoms with van der Waals surface area (Å²) in [6, 6.07) is 71.2. The van der Waals surface area contributed by atoms with Gasteiger partial charge in [0, 0.05) is 39.1 Å². The molecule has 56 heavy (non-hydrogen) atoms. The van der Waals surface area contributed by atoms with Gasteiger partial charge in [-0.15, -0.1) is 0 Å². The van der Waals surface area contributed by atoms with Crippen molar-refractivity contribution >= 4 is 21.8 Å². The minimum atomic E-state index is 0.227. The first-order valence-corrected chi connectivity index (χ1v) is 19.1. The van der Waals surface area contributed by atoms with Crippen LogP contribution >= 0.6 is 0 Å². The summed E-state index contributed by atoms with van der Waals surface area (Å²) in [4.78, 5) is 15.0. The Bertz CT molecular complexity index is 3020. The third-order valence-electron chi connectivity index (χ3n) is 11.1. The third-order valence-corrected chi connectivity index (χ3v) is 11.1. The highest BCUT2D eigenvalue weighted by molar-refractivity contribution is 6.10. The van der Waals surface area contributed by atoms with Gasteiger partial charge in [0.15, 0.2) is 17.5 Å². The molecule has 2 heterocycles. The molecule has 4 heteroatoms. The van der Waals surface area contributed by atoms with E-state index < -0.39 is 0 Å². The lowest BCUT2D eigenvalue weighted by Crippen LogP contribution is -2.01. The Morgan fingerprint density at radius 2 is 0.893 bits per heavy atom. The fourth-order valence-electron chi connectivity index (χ4n) is 8.54. The van der Waals surface area contributed by atoms with Crippen LogP contribution in [0, 0.1) is 0 Å². The smallest absolute Gasteiger partial charge is 0.164 e. The van der Waals surface area contributed by atoms with E-state index in [0.29, 0.717) is 17.5 Å². The maximum atomic E-state index is 5.04. The number of fused-ring (bicyclic) bond motifs is 6. The van der Waals surface area contributed by atoms with Crippen LogP contribution in [-0.2, 0) is 0 Å². The maximum Gasteiger partial charge on any atom is 0.164 e. The summed E-state index contributed by atoms with van der Waals surface area (Å²) >= 11 is 0. The molecule has 0 radical (unpaired) electrons. The molecule has 2 aromatic heterocycles. The van der Waals surface area contributed by atoms with Crippen molar-refractivity contribution < 1.29 is 0 Å². The van der Waals surface area contributed by atoms with Crippen LogP contribution in [0.2, 0.25) is 0 Å². The van der Waals surface area contributed by atoms with Crippen LogP contribution in [0.5, 0.6) is 0 Å². The summed E-state index contributed by atoms with van der Waals surface area (Å²) in [5.41, 5.74) is 15.2. The summed E-state index contributed by atoms with van der Waals surface area (Å²) in [5.74, 6) is 2.15. The van der Waals surface area contributed by atoms with Crippen LogP contribution < -0.4 is 0 Å². The molecule has 0 saturated heterocycles. The molecular weight excluding hydrogens is 681 g/mol. The van der Waals surface area contributed by atoms with E-state index >= 15 is 0 Å². The molecular formula is C52H34N4. The van der Waals surface area contributed by atoms with E-state index in [0.717, 1.165) is 33.4 Å². The predicted molar refractivity (Wildman–Crippen MR) is 229 cm³/mol. The first-order chi connectivity index (χ1) is 27.8. The number of nitrogens with zero attached hydrogens (tertiary/aromatic N) is 4. The Kier molecular flexibility index (Phi) is 7.52. The second kappa shape index (κ2) is 13.2. The molecule has 0 spiro atoms. The molecule has 0 fully saturated rings. The highest BCUT2D eigenvalue weighted by Gasteiger charge is 2.30. The van der Waals surface area contributed by atoms with Crippen LogP contribution in [0.1, 0.15) is 22.6 Å². The van der Waals surface area contributed by atoms with Gasteiger partial charge in [0.2, 0.25) is 0 Å². The van der Waals surface area contributed by atoms with Gasteiger partial charge < -0.3 is 4.57 Å². The summed E-state index contributed by atoms with van der Waals surface area (Å²) < 4.78 is 2.38. The number of rotatable bonds is 6. The van der Waals surface area contributed by atoms with Crippen LogP contribution in [0.3, 0.4) is 0 Å². The summed E-state index contributed by atoms with van der Waals surface area (Å²) in [5, 5.41) is 2.43. The standard InChI is InChI=1S/C52H34N4/c1-4-15-34(16-5-1)49-44-25-11-10-23-41(44)46-32-37(28-30-45(46)49)38-27-29-43-42-24-12-13-26-47(42)56(48(43)33-38)40-22-14-21-39(31-40)52-54-50(35-17-6-2-7-18-35)53-51(55-52)36-19-8-3-9-20-36/h1-33,49H. The van der Waals surface area contributed by atoms with Gasteiger partial charge in [-0.25, -0.2) is 15.0 Å². The molecule has 11 rings (SSSR count). The van der Waals surface area contributed by atoms with Crippen LogP contribution in [0.4, 0.5) is 0 Å². The number of benzene rings is 8. The molecule has 0 bridgehead atoms. The molecule has 0 amide bonds. The lowest BCUT2D eigenvalue weighted by molar-refractivity contribution is 1.02. The molecule has 8 aromatic carbocycles. The SMILES string of the molecule is c1ccc(-c2nc(-c3ccccc3)nc(-c3cccc(-n4c5ccccc5c5ccc(-c6ccc7c(c6)-c6ccccc6C7c6ccccc6)cc54)c3)n2)cc1. The van der Waals surface area contributed by atoms with Crippen molar-refractivity contribution in [2.45, 2.75) is 5.92 Å². The molecule has 0 aliphatic heterocycles. The minimum absolute atomic E-state index is 0.227. The third kappa shape index (κ3) is 5.34. The highest BCUT2D eigenvalue weighted by Crippen LogP contribution is 2.49. The molecule has 1 unspecified atom stereocenters. The van der Waals surface area contributed by atoms with Gasteiger partial charge >= 0.3 is 0 Å². The Balaban J connectivity index is 1.06. The lowest BCUT2D eigenvalue weighted by atomic mass is 9.89. The molecule has 10 aromatic rings. The van der Waals surface area contributed by atoms with E-state index in [1.807, 2.05) is 60.7 Å². The van der Waals surface area contributed by atoms with Crippen molar-refractivity contribution in [1.29, 1.82) is 0 Å². The predicted octanol–water partition coefficient (Wildman–Crippen LogP) is 12.8. The van der Waals surface area contributed by atoms with Crippen LogP contribution in [0.15, 0.2) is 200 Å². The van der Waals surface area contributed by atoms with E-state index in [1.165, 1.54) is 49.7 Å². The second-order valence-corrected chi connectivity index (χ2v) is 14.4. The van der Waals surface area contributed by atoms with Crippen molar-refractivity contribution in [1.82, 2.24) is 19.5 Å². The zero-order valence-electron chi connectivity index (χ0n) is 30.4. The second-order valence-electron chi connectivity index (χ2n) is 14.4. The summed E-state index contributed by atoms with van der Waals surface area (Å²) in [7, 11) is 0. The van der Waals surface area contributed by atoms with Crippen molar-refractivity contribution in [3.63, 3.8) is 0 Å². The summed E-state index contributed by atoms with van der Waals surface area (Å²) in [6.07, 6.45) is 0. The zero-order valence-corrected chi connectivity index (χ0v) is 30.4. The molecule has 4 nitrogen and oxygen atoms in total. The molecule has 1 aliphatic carbocycles. The van der Waals surface area contributed by atoms with Gasteiger partial charge in [0.05, 0.1) is 11.0 Å². The van der Waals surface area contributed by atoms with Gasteiger partial charge in [-0.3, -0.25) is 0 Å². The van der Waals surface area contributed by atoms with Gasteiger partial charge in [-0.05, 0) is 69.3 Å². The van der Waals surface area contributed by atoms with Crippen molar-refractivity contribution in [2.24, 2.45) is 0 Å². The first-order valence-electron chi connectivity index (χ1n) is 19.1. The first kappa shape index (κ1) is 32.0. The number of hydrogen-bond acceptors (Lipinski definition) is 3. The Morgan fingerprint density at radius 1 is 0.339 bits per heavy atom. The average molecular weight is 715 g/mol. The van der Waals surface area contributed by atoms with Gasteiger partial charge in [0.1, 0.15) is 0 Å². The van der Waals surface area contributed by atoms with E-state index in [-0.39, 0.29) is 5.92 Å². The molecule has 1 atom stereocenters. The molecule has 0 N–H and O–H groups in total. The number of hydrogen-bond donors (Lipinski definition) is 0. The molecule has 1 aliphatic rings. The summed E-state index contributed by atoms with van der Waals surface area (Å²) in [6.45, 7) is 0. The fraction of sp³-hybridized carbons (Fsp3) is 0.0192. The Hall–Kier alpha value is -7.43. The minimum Gasteiger partial charge on any atom is -0.309 e. The lowest BCUT2D eigenvalue weighted by Gasteiger charge is -2.15. The Morgan fingerprint density at radius 3 is 1.64 bits per heavy atom. The average Bonchev–Trinajstić information content (AvgIpc) is 3.79. The fourth-order valence-corrected chi connectivity index (χ4v) is 8.54. The monoisotopic (exact) mass is 714 g/mol.